The quantitative estimate of drug-likeness (QED) is 0.750. The Balaban J connectivity index is 2.08. The van der Waals surface area contributed by atoms with Crippen molar-refractivity contribution in [3.05, 3.63) is 36.7 Å². The lowest BCUT2D eigenvalue weighted by Crippen LogP contribution is -2.12. The molecule has 20 heavy (non-hydrogen) atoms. The number of nitrogens with one attached hydrogen (secondary N) is 2. The second-order valence-electron chi connectivity index (χ2n) is 3.91. The molecule has 0 unspecified atom stereocenters. The minimum Gasteiger partial charge on any atom is -0.491 e. The molecule has 8 heteroatoms. The Kier molecular flexibility index (Phi) is 4.59. The third-order valence-corrected chi connectivity index (χ3v) is 3.77. The summed E-state index contributed by atoms with van der Waals surface area (Å²) in [5.74, 6) is 0.564. The SMILES string of the molecule is COCCOc1cccc(NS(=O)(=O)c2cn[nH]c2)c1. The number of benzene rings is 1. The molecule has 0 amide bonds. The van der Waals surface area contributed by atoms with Crippen molar-refractivity contribution >= 4 is 15.7 Å². The van der Waals surface area contributed by atoms with Crippen molar-refractivity contribution in [2.75, 3.05) is 25.0 Å². The molecule has 1 aromatic heterocycles. The lowest BCUT2D eigenvalue weighted by Gasteiger charge is -2.09. The highest BCUT2D eigenvalue weighted by Gasteiger charge is 2.15. The highest BCUT2D eigenvalue weighted by atomic mass is 32.2. The Morgan fingerprint density at radius 3 is 2.90 bits per heavy atom. The van der Waals surface area contributed by atoms with Crippen LogP contribution in [0.2, 0.25) is 0 Å². The molecule has 108 valence electrons. The lowest BCUT2D eigenvalue weighted by molar-refractivity contribution is 0.146. The van der Waals surface area contributed by atoms with Gasteiger partial charge in [0.1, 0.15) is 17.3 Å². The summed E-state index contributed by atoms with van der Waals surface area (Å²) in [5, 5.41) is 6.07. The fraction of sp³-hybridized carbons (Fsp3) is 0.250. The average Bonchev–Trinajstić information content (AvgIpc) is 2.94. The topological polar surface area (TPSA) is 93.3 Å². The second-order valence-corrected chi connectivity index (χ2v) is 5.59. The van der Waals surface area contributed by atoms with Gasteiger partial charge in [-0.3, -0.25) is 9.82 Å². The molecule has 0 aliphatic heterocycles. The first-order valence-corrected chi connectivity index (χ1v) is 7.33. The van der Waals surface area contributed by atoms with E-state index < -0.39 is 10.0 Å². The molecule has 2 aromatic rings. The van der Waals surface area contributed by atoms with Crippen LogP contribution < -0.4 is 9.46 Å². The van der Waals surface area contributed by atoms with E-state index in [0.29, 0.717) is 24.7 Å². The molecule has 0 spiro atoms. The monoisotopic (exact) mass is 297 g/mol. The molecule has 0 fully saturated rings. The smallest absolute Gasteiger partial charge is 0.265 e. The Bertz CT molecular complexity index is 640. The van der Waals surface area contributed by atoms with E-state index >= 15 is 0 Å². The van der Waals surface area contributed by atoms with Gasteiger partial charge in [0.25, 0.3) is 10.0 Å². The molecule has 2 rings (SSSR count). The number of aromatic amines is 1. The fourth-order valence-electron chi connectivity index (χ4n) is 1.49. The van der Waals surface area contributed by atoms with Crippen LogP contribution in [-0.2, 0) is 14.8 Å². The molecule has 1 heterocycles. The predicted octanol–water partition coefficient (Wildman–Crippen LogP) is 1.24. The number of aromatic nitrogens is 2. The normalized spacial score (nSPS) is 11.2. The molecule has 0 aliphatic rings. The van der Waals surface area contributed by atoms with Gasteiger partial charge in [-0.05, 0) is 12.1 Å². The van der Waals surface area contributed by atoms with Crippen LogP contribution in [0.25, 0.3) is 0 Å². The summed E-state index contributed by atoms with van der Waals surface area (Å²) in [6, 6.07) is 6.69. The van der Waals surface area contributed by atoms with Crippen LogP contribution in [-0.4, -0.2) is 38.9 Å². The van der Waals surface area contributed by atoms with Gasteiger partial charge in [0.15, 0.2) is 0 Å². The number of anilines is 1. The van der Waals surface area contributed by atoms with Gasteiger partial charge < -0.3 is 9.47 Å². The fourth-order valence-corrected chi connectivity index (χ4v) is 2.45. The van der Waals surface area contributed by atoms with Crippen LogP contribution in [0.4, 0.5) is 5.69 Å². The Morgan fingerprint density at radius 1 is 1.35 bits per heavy atom. The standard InChI is InChI=1S/C12H15N3O4S/c1-18-5-6-19-11-4-2-3-10(7-11)15-20(16,17)12-8-13-14-9-12/h2-4,7-9,15H,5-6H2,1H3,(H,13,14). The molecule has 1 aromatic carbocycles. The van der Waals surface area contributed by atoms with Gasteiger partial charge in [0, 0.05) is 19.4 Å². The molecule has 0 aliphatic carbocycles. The first kappa shape index (κ1) is 14.4. The average molecular weight is 297 g/mol. The number of nitrogens with zero attached hydrogens (tertiary/aromatic N) is 1. The van der Waals surface area contributed by atoms with Crippen molar-refractivity contribution in [3.63, 3.8) is 0 Å². The van der Waals surface area contributed by atoms with Crippen LogP contribution in [0.15, 0.2) is 41.6 Å². The Hall–Kier alpha value is -2.06. The van der Waals surface area contributed by atoms with E-state index in [9.17, 15) is 8.42 Å². The van der Waals surface area contributed by atoms with Gasteiger partial charge in [0.2, 0.25) is 0 Å². The first-order chi connectivity index (χ1) is 9.62. The third-order valence-electron chi connectivity index (χ3n) is 2.43. The summed E-state index contributed by atoms with van der Waals surface area (Å²) in [7, 11) is -2.05. The van der Waals surface area contributed by atoms with Crippen molar-refractivity contribution in [1.29, 1.82) is 0 Å². The zero-order valence-electron chi connectivity index (χ0n) is 10.9. The maximum atomic E-state index is 12.0. The molecular weight excluding hydrogens is 282 g/mol. The van der Waals surface area contributed by atoms with E-state index in [1.165, 1.54) is 12.4 Å². The summed E-state index contributed by atoms with van der Waals surface area (Å²) in [6.07, 6.45) is 2.54. The first-order valence-electron chi connectivity index (χ1n) is 5.85. The lowest BCUT2D eigenvalue weighted by atomic mass is 10.3. The summed E-state index contributed by atoms with van der Waals surface area (Å²) < 4.78 is 36.7. The van der Waals surface area contributed by atoms with Gasteiger partial charge in [-0.25, -0.2) is 8.42 Å². The number of ether oxygens (including phenoxy) is 2. The third kappa shape index (κ3) is 3.72. The van der Waals surface area contributed by atoms with Crippen molar-refractivity contribution in [2.45, 2.75) is 4.90 Å². The maximum absolute atomic E-state index is 12.0. The van der Waals surface area contributed by atoms with Crippen molar-refractivity contribution in [1.82, 2.24) is 10.2 Å². The van der Waals surface area contributed by atoms with Crippen LogP contribution >= 0.6 is 0 Å². The van der Waals surface area contributed by atoms with Crippen molar-refractivity contribution in [2.24, 2.45) is 0 Å². The Labute approximate surface area is 117 Å². The Morgan fingerprint density at radius 2 is 2.20 bits per heavy atom. The highest BCUT2D eigenvalue weighted by Crippen LogP contribution is 2.20. The number of rotatable bonds is 7. The number of H-pyrrole nitrogens is 1. The van der Waals surface area contributed by atoms with Crippen molar-refractivity contribution in [3.8, 4) is 5.75 Å². The van der Waals surface area contributed by atoms with E-state index in [1.54, 1.807) is 31.4 Å². The molecule has 7 nitrogen and oxygen atoms in total. The van der Waals surface area contributed by atoms with Crippen LogP contribution in [0, 0.1) is 0 Å². The highest BCUT2D eigenvalue weighted by molar-refractivity contribution is 7.92. The summed E-state index contributed by atoms with van der Waals surface area (Å²) in [5.41, 5.74) is 0.418. The van der Waals surface area contributed by atoms with Crippen LogP contribution in [0.5, 0.6) is 5.75 Å². The molecular formula is C12H15N3O4S. The second kappa shape index (κ2) is 6.40. The molecule has 0 saturated carbocycles. The minimum atomic E-state index is -3.64. The molecule has 0 saturated heterocycles. The van der Waals surface area contributed by atoms with Gasteiger partial charge in [0.05, 0.1) is 18.5 Å². The van der Waals surface area contributed by atoms with Gasteiger partial charge in [-0.15, -0.1) is 0 Å². The molecule has 2 N–H and O–H groups in total. The van der Waals surface area contributed by atoms with E-state index in [1.807, 2.05) is 0 Å². The summed E-state index contributed by atoms with van der Waals surface area (Å²) in [4.78, 5) is 0.0724. The largest absolute Gasteiger partial charge is 0.491 e. The van der Waals surface area contributed by atoms with Gasteiger partial charge in [-0.2, -0.15) is 5.10 Å². The number of hydrogen-bond donors (Lipinski definition) is 2. The summed E-state index contributed by atoms with van der Waals surface area (Å²) >= 11 is 0. The predicted molar refractivity (Wildman–Crippen MR) is 73.2 cm³/mol. The maximum Gasteiger partial charge on any atom is 0.265 e. The van der Waals surface area contributed by atoms with E-state index in [4.69, 9.17) is 9.47 Å². The van der Waals surface area contributed by atoms with E-state index in [0.717, 1.165) is 0 Å². The number of hydrogen-bond acceptors (Lipinski definition) is 5. The number of methoxy groups -OCH3 is 1. The summed E-state index contributed by atoms with van der Waals surface area (Å²) in [6.45, 7) is 0.861. The van der Waals surface area contributed by atoms with E-state index in [-0.39, 0.29) is 4.90 Å². The molecule has 0 radical (unpaired) electrons. The van der Waals surface area contributed by atoms with Gasteiger partial charge in [-0.1, -0.05) is 6.07 Å². The zero-order chi connectivity index (χ0) is 14.4. The van der Waals surface area contributed by atoms with E-state index in [2.05, 4.69) is 14.9 Å². The molecule has 0 bridgehead atoms. The zero-order valence-corrected chi connectivity index (χ0v) is 11.7. The van der Waals surface area contributed by atoms with Crippen molar-refractivity contribution < 1.29 is 17.9 Å². The van der Waals surface area contributed by atoms with Crippen LogP contribution in [0.3, 0.4) is 0 Å². The molecule has 0 atom stereocenters. The minimum absolute atomic E-state index is 0.0724. The van der Waals surface area contributed by atoms with Gasteiger partial charge >= 0.3 is 0 Å². The van der Waals surface area contributed by atoms with Crippen LogP contribution in [0.1, 0.15) is 0 Å². The number of sulfonamides is 1.